The maximum absolute atomic E-state index is 11.6. The zero-order valence-electron chi connectivity index (χ0n) is 11.0. The largest absolute Gasteiger partial charge is 0.497 e. The van der Waals surface area contributed by atoms with Gasteiger partial charge in [-0.15, -0.1) is 0 Å². The molecule has 2 nitrogen and oxygen atoms in total. The number of methoxy groups -OCH3 is 1. The molecule has 0 saturated heterocycles. The molecular formula is C15H22O2. The Kier molecular flexibility index (Phi) is 5.75. The number of ether oxygens (including phenoxy) is 1. The van der Waals surface area contributed by atoms with Crippen LogP contribution in [0.3, 0.4) is 0 Å². The lowest BCUT2D eigenvalue weighted by Crippen LogP contribution is -2.06. The predicted molar refractivity (Wildman–Crippen MR) is 70.6 cm³/mol. The Balaban J connectivity index is 2.84. The predicted octanol–water partition coefficient (Wildman–Crippen LogP) is 3.95. The van der Waals surface area contributed by atoms with Crippen molar-refractivity contribution in [3.8, 4) is 5.75 Å². The fourth-order valence-corrected chi connectivity index (χ4v) is 2.05. The zero-order chi connectivity index (χ0) is 12.7. The first-order valence-electron chi connectivity index (χ1n) is 6.36. The second-order valence-electron chi connectivity index (χ2n) is 4.36. The number of ketones is 1. The number of benzene rings is 1. The van der Waals surface area contributed by atoms with Crippen LogP contribution in [0, 0.1) is 0 Å². The van der Waals surface area contributed by atoms with Gasteiger partial charge >= 0.3 is 0 Å². The van der Waals surface area contributed by atoms with Crippen LogP contribution in [0.2, 0.25) is 0 Å². The lowest BCUT2D eigenvalue weighted by molar-refractivity contribution is -0.119. The Hall–Kier alpha value is -1.31. The third kappa shape index (κ3) is 4.22. The van der Waals surface area contributed by atoms with Crippen LogP contribution in [0.25, 0.3) is 0 Å². The van der Waals surface area contributed by atoms with E-state index in [0.29, 0.717) is 24.5 Å². The van der Waals surface area contributed by atoms with Gasteiger partial charge in [0.15, 0.2) is 0 Å². The van der Waals surface area contributed by atoms with Crippen molar-refractivity contribution in [1.82, 2.24) is 0 Å². The average Bonchev–Trinajstić information content (AvgIpc) is 2.38. The molecule has 0 heterocycles. The lowest BCUT2D eigenvalue weighted by Gasteiger charge is -2.16. The SMILES string of the molecule is CCCC(CC(=O)CC)c1cccc(OC)c1. The Morgan fingerprint density at radius 3 is 2.71 bits per heavy atom. The summed E-state index contributed by atoms with van der Waals surface area (Å²) in [7, 11) is 1.67. The molecule has 0 amide bonds. The van der Waals surface area contributed by atoms with Crippen molar-refractivity contribution in [2.24, 2.45) is 0 Å². The van der Waals surface area contributed by atoms with Gasteiger partial charge in [0, 0.05) is 12.8 Å². The van der Waals surface area contributed by atoms with E-state index in [0.717, 1.165) is 18.6 Å². The molecule has 0 bridgehead atoms. The van der Waals surface area contributed by atoms with Gasteiger partial charge in [-0.2, -0.15) is 0 Å². The van der Waals surface area contributed by atoms with Gasteiger partial charge < -0.3 is 4.74 Å². The van der Waals surface area contributed by atoms with Crippen molar-refractivity contribution >= 4 is 5.78 Å². The first-order chi connectivity index (χ1) is 8.21. The maximum atomic E-state index is 11.6. The minimum Gasteiger partial charge on any atom is -0.497 e. The van der Waals surface area contributed by atoms with Crippen LogP contribution < -0.4 is 4.74 Å². The molecule has 0 saturated carbocycles. The molecule has 1 aromatic carbocycles. The summed E-state index contributed by atoms with van der Waals surface area (Å²) in [5.41, 5.74) is 1.22. The first kappa shape index (κ1) is 13.8. The summed E-state index contributed by atoms with van der Waals surface area (Å²) in [5.74, 6) is 1.54. The van der Waals surface area contributed by atoms with Crippen LogP contribution in [-0.2, 0) is 4.79 Å². The molecule has 17 heavy (non-hydrogen) atoms. The molecule has 1 aromatic rings. The van der Waals surface area contributed by atoms with Crippen molar-refractivity contribution in [3.05, 3.63) is 29.8 Å². The fraction of sp³-hybridized carbons (Fsp3) is 0.533. The van der Waals surface area contributed by atoms with Crippen LogP contribution in [0.1, 0.15) is 51.0 Å². The molecule has 0 aromatic heterocycles. The number of carbonyl (C=O) groups excluding carboxylic acids is 1. The van der Waals surface area contributed by atoms with Crippen LogP contribution in [0.15, 0.2) is 24.3 Å². The smallest absolute Gasteiger partial charge is 0.133 e. The lowest BCUT2D eigenvalue weighted by atomic mass is 9.89. The van der Waals surface area contributed by atoms with Gasteiger partial charge in [0.25, 0.3) is 0 Å². The normalized spacial score (nSPS) is 12.2. The van der Waals surface area contributed by atoms with Crippen LogP contribution in [0.5, 0.6) is 5.75 Å². The molecule has 0 fully saturated rings. The fourth-order valence-electron chi connectivity index (χ4n) is 2.05. The van der Waals surface area contributed by atoms with E-state index in [4.69, 9.17) is 4.74 Å². The second kappa shape index (κ2) is 7.10. The summed E-state index contributed by atoms with van der Waals surface area (Å²) in [5, 5.41) is 0. The van der Waals surface area contributed by atoms with Gasteiger partial charge in [0.05, 0.1) is 7.11 Å². The topological polar surface area (TPSA) is 26.3 Å². The van der Waals surface area contributed by atoms with Crippen LogP contribution >= 0.6 is 0 Å². The van der Waals surface area contributed by atoms with E-state index in [1.54, 1.807) is 7.11 Å². The summed E-state index contributed by atoms with van der Waals surface area (Å²) in [4.78, 5) is 11.6. The van der Waals surface area contributed by atoms with Gasteiger partial charge in [0.2, 0.25) is 0 Å². The van der Waals surface area contributed by atoms with E-state index >= 15 is 0 Å². The summed E-state index contributed by atoms with van der Waals surface area (Å²) in [6.45, 7) is 4.08. The van der Waals surface area contributed by atoms with Gasteiger partial charge in [-0.3, -0.25) is 4.79 Å². The molecule has 0 aliphatic carbocycles. The van der Waals surface area contributed by atoms with Crippen LogP contribution in [0.4, 0.5) is 0 Å². The molecule has 1 atom stereocenters. The standard InChI is InChI=1S/C15H22O2/c1-4-7-12(10-14(16)5-2)13-8-6-9-15(11-13)17-3/h6,8-9,11-12H,4-5,7,10H2,1-3H3. The highest BCUT2D eigenvalue weighted by atomic mass is 16.5. The summed E-state index contributed by atoms with van der Waals surface area (Å²) < 4.78 is 5.23. The molecule has 0 N–H and O–H groups in total. The van der Waals surface area contributed by atoms with Crippen molar-refractivity contribution < 1.29 is 9.53 Å². The highest BCUT2D eigenvalue weighted by Gasteiger charge is 2.14. The molecule has 1 unspecified atom stereocenters. The van der Waals surface area contributed by atoms with E-state index in [1.807, 2.05) is 25.1 Å². The molecule has 0 aliphatic rings. The average molecular weight is 234 g/mol. The highest BCUT2D eigenvalue weighted by molar-refractivity contribution is 5.78. The number of hydrogen-bond donors (Lipinski definition) is 0. The molecule has 0 spiro atoms. The monoisotopic (exact) mass is 234 g/mol. The maximum Gasteiger partial charge on any atom is 0.133 e. The molecule has 0 radical (unpaired) electrons. The number of Topliss-reactive ketones (excluding diaryl/α,β-unsaturated/α-hetero) is 1. The van der Waals surface area contributed by atoms with Crippen LogP contribution in [-0.4, -0.2) is 12.9 Å². The van der Waals surface area contributed by atoms with Gasteiger partial charge in [-0.05, 0) is 30.0 Å². The van der Waals surface area contributed by atoms with E-state index < -0.39 is 0 Å². The summed E-state index contributed by atoms with van der Waals surface area (Å²) in [6, 6.07) is 8.07. The highest BCUT2D eigenvalue weighted by Crippen LogP contribution is 2.28. The Morgan fingerprint density at radius 2 is 2.12 bits per heavy atom. The first-order valence-corrected chi connectivity index (χ1v) is 6.36. The Bertz CT molecular complexity index is 358. The van der Waals surface area contributed by atoms with Gasteiger partial charge in [-0.1, -0.05) is 32.4 Å². The van der Waals surface area contributed by atoms with E-state index in [2.05, 4.69) is 13.0 Å². The molecule has 94 valence electrons. The Morgan fingerprint density at radius 1 is 1.35 bits per heavy atom. The number of rotatable bonds is 7. The number of hydrogen-bond acceptors (Lipinski definition) is 2. The second-order valence-corrected chi connectivity index (χ2v) is 4.36. The molecule has 1 rings (SSSR count). The zero-order valence-corrected chi connectivity index (χ0v) is 11.0. The Labute approximate surface area is 104 Å². The van der Waals surface area contributed by atoms with E-state index in [-0.39, 0.29) is 0 Å². The van der Waals surface area contributed by atoms with Crippen molar-refractivity contribution in [2.75, 3.05) is 7.11 Å². The third-order valence-electron chi connectivity index (χ3n) is 3.07. The quantitative estimate of drug-likeness (QED) is 0.714. The van der Waals surface area contributed by atoms with Crippen molar-refractivity contribution in [3.63, 3.8) is 0 Å². The molecule has 0 aliphatic heterocycles. The molecular weight excluding hydrogens is 212 g/mol. The number of carbonyl (C=O) groups is 1. The summed E-state index contributed by atoms with van der Waals surface area (Å²) in [6.07, 6.45) is 3.43. The van der Waals surface area contributed by atoms with Gasteiger partial charge in [-0.25, -0.2) is 0 Å². The minimum absolute atomic E-state index is 0.336. The van der Waals surface area contributed by atoms with Gasteiger partial charge in [0.1, 0.15) is 11.5 Å². The minimum atomic E-state index is 0.336. The van der Waals surface area contributed by atoms with Crippen molar-refractivity contribution in [2.45, 2.75) is 45.4 Å². The third-order valence-corrected chi connectivity index (χ3v) is 3.07. The van der Waals surface area contributed by atoms with Crippen molar-refractivity contribution in [1.29, 1.82) is 0 Å². The van der Waals surface area contributed by atoms with E-state index in [1.165, 1.54) is 5.56 Å². The van der Waals surface area contributed by atoms with E-state index in [9.17, 15) is 4.79 Å². The molecule has 2 heteroatoms. The summed E-state index contributed by atoms with van der Waals surface area (Å²) >= 11 is 0.